The van der Waals surface area contributed by atoms with Gasteiger partial charge in [-0.3, -0.25) is 0 Å². The first-order valence-corrected chi connectivity index (χ1v) is 8.65. The van der Waals surface area contributed by atoms with Crippen LogP contribution in [0.3, 0.4) is 0 Å². The SMILES string of the molecule is Cc1c(N)cccc1-c1ccc2c(c1C)CCCCCCC2. The second kappa shape index (κ2) is 6.56. The highest BCUT2D eigenvalue weighted by Crippen LogP contribution is 2.34. The van der Waals surface area contributed by atoms with Gasteiger partial charge in [-0.05, 0) is 79.0 Å². The van der Waals surface area contributed by atoms with Gasteiger partial charge in [-0.2, -0.15) is 0 Å². The van der Waals surface area contributed by atoms with Crippen molar-refractivity contribution in [2.24, 2.45) is 0 Å². The van der Waals surface area contributed by atoms with Gasteiger partial charge in [0.05, 0.1) is 0 Å². The van der Waals surface area contributed by atoms with E-state index in [0.717, 1.165) is 5.69 Å². The first kappa shape index (κ1) is 15.1. The van der Waals surface area contributed by atoms with Crippen molar-refractivity contribution in [3.05, 3.63) is 52.6 Å². The number of aryl methyl sites for hydroxylation is 1. The van der Waals surface area contributed by atoms with E-state index in [0.29, 0.717) is 0 Å². The van der Waals surface area contributed by atoms with Crippen molar-refractivity contribution in [1.29, 1.82) is 0 Å². The van der Waals surface area contributed by atoms with Crippen molar-refractivity contribution < 1.29 is 0 Å². The lowest BCUT2D eigenvalue weighted by Crippen LogP contribution is -2.01. The van der Waals surface area contributed by atoms with Crippen LogP contribution in [0.5, 0.6) is 0 Å². The molecule has 0 aliphatic heterocycles. The Morgan fingerprint density at radius 1 is 0.727 bits per heavy atom. The topological polar surface area (TPSA) is 26.0 Å². The van der Waals surface area contributed by atoms with Crippen molar-refractivity contribution in [1.82, 2.24) is 0 Å². The largest absolute Gasteiger partial charge is 0.398 e. The standard InChI is InChI=1S/C21H27N/c1-15-18-10-7-5-3-4-6-9-17(18)13-14-20(15)19-11-8-12-21(22)16(19)2/h8,11-14H,3-7,9-10,22H2,1-2H3. The molecule has 1 aliphatic rings. The minimum absolute atomic E-state index is 0.889. The molecule has 3 rings (SSSR count). The van der Waals surface area contributed by atoms with Crippen molar-refractivity contribution in [2.75, 3.05) is 5.73 Å². The van der Waals surface area contributed by atoms with Crippen LogP contribution in [0, 0.1) is 13.8 Å². The Kier molecular flexibility index (Phi) is 4.52. The van der Waals surface area contributed by atoms with Crippen LogP contribution in [0.15, 0.2) is 30.3 Å². The van der Waals surface area contributed by atoms with Crippen LogP contribution >= 0.6 is 0 Å². The Morgan fingerprint density at radius 3 is 2.23 bits per heavy atom. The van der Waals surface area contributed by atoms with Crippen LogP contribution in [0.1, 0.15) is 54.4 Å². The number of hydrogen-bond acceptors (Lipinski definition) is 1. The highest BCUT2D eigenvalue weighted by atomic mass is 14.6. The number of nitrogen functional groups attached to an aromatic ring is 1. The molecule has 1 nitrogen and oxygen atoms in total. The van der Waals surface area contributed by atoms with Gasteiger partial charge in [-0.25, -0.2) is 0 Å². The minimum Gasteiger partial charge on any atom is -0.398 e. The molecule has 0 saturated heterocycles. The van der Waals surface area contributed by atoms with E-state index in [1.165, 1.54) is 67.2 Å². The molecule has 0 radical (unpaired) electrons. The summed E-state index contributed by atoms with van der Waals surface area (Å²) in [5.74, 6) is 0. The lowest BCUT2D eigenvalue weighted by molar-refractivity contribution is 0.629. The average Bonchev–Trinajstić information content (AvgIpc) is 2.63. The number of anilines is 1. The molecular weight excluding hydrogens is 266 g/mol. The predicted octanol–water partition coefficient (Wildman–Crippen LogP) is 5.60. The van der Waals surface area contributed by atoms with Crippen LogP contribution in [-0.2, 0) is 12.8 Å². The van der Waals surface area contributed by atoms with Crippen molar-refractivity contribution in [3.8, 4) is 11.1 Å². The van der Waals surface area contributed by atoms with E-state index in [1.54, 1.807) is 11.1 Å². The average molecular weight is 293 g/mol. The Morgan fingerprint density at radius 2 is 1.41 bits per heavy atom. The van der Waals surface area contributed by atoms with E-state index in [-0.39, 0.29) is 0 Å². The molecule has 0 atom stereocenters. The fraction of sp³-hybridized carbons (Fsp3) is 0.429. The molecule has 2 N–H and O–H groups in total. The molecule has 2 aromatic carbocycles. The van der Waals surface area contributed by atoms with Gasteiger partial charge < -0.3 is 5.73 Å². The molecular formula is C21H27N. The number of rotatable bonds is 1. The van der Waals surface area contributed by atoms with E-state index in [2.05, 4.69) is 38.1 Å². The van der Waals surface area contributed by atoms with Gasteiger partial charge in [0.1, 0.15) is 0 Å². The fourth-order valence-corrected chi connectivity index (χ4v) is 3.78. The van der Waals surface area contributed by atoms with Crippen LogP contribution in [0.25, 0.3) is 11.1 Å². The number of hydrogen-bond donors (Lipinski definition) is 1. The first-order chi connectivity index (χ1) is 10.7. The maximum Gasteiger partial charge on any atom is 0.0349 e. The maximum absolute atomic E-state index is 6.11. The molecule has 0 saturated carbocycles. The molecule has 2 aromatic rings. The van der Waals surface area contributed by atoms with Crippen LogP contribution < -0.4 is 5.73 Å². The maximum atomic E-state index is 6.11. The molecule has 0 heterocycles. The Hall–Kier alpha value is -1.76. The molecule has 0 amide bonds. The molecule has 116 valence electrons. The molecule has 22 heavy (non-hydrogen) atoms. The summed E-state index contributed by atoms with van der Waals surface area (Å²) in [5.41, 5.74) is 15.5. The van der Waals surface area contributed by atoms with Gasteiger partial charge in [0.25, 0.3) is 0 Å². The van der Waals surface area contributed by atoms with Crippen LogP contribution in [0.4, 0.5) is 5.69 Å². The highest BCUT2D eigenvalue weighted by Gasteiger charge is 2.14. The van der Waals surface area contributed by atoms with Crippen LogP contribution in [0.2, 0.25) is 0 Å². The van der Waals surface area contributed by atoms with Gasteiger partial charge in [-0.15, -0.1) is 0 Å². The predicted molar refractivity (Wildman–Crippen MR) is 96.3 cm³/mol. The second-order valence-electron chi connectivity index (χ2n) is 6.66. The van der Waals surface area contributed by atoms with Gasteiger partial charge in [0, 0.05) is 5.69 Å². The van der Waals surface area contributed by atoms with E-state index in [4.69, 9.17) is 5.73 Å². The highest BCUT2D eigenvalue weighted by molar-refractivity contribution is 5.76. The number of nitrogens with two attached hydrogens (primary N) is 1. The third-order valence-corrected chi connectivity index (χ3v) is 5.23. The minimum atomic E-state index is 0.889. The summed E-state index contributed by atoms with van der Waals surface area (Å²) in [5, 5.41) is 0. The molecule has 0 spiro atoms. The fourth-order valence-electron chi connectivity index (χ4n) is 3.78. The Bertz CT molecular complexity index is 670. The van der Waals surface area contributed by atoms with E-state index in [9.17, 15) is 0 Å². The van der Waals surface area contributed by atoms with Gasteiger partial charge in [-0.1, -0.05) is 43.5 Å². The normalized spacial score (nSPS) is 15.5. The lowest BCUT2D eigenvalue weighted by atomic mass is 9.87. The zero-order valence-corrected chi connectivity index (χ0v) is 13.9. The molecule has 0 fully saturated rings. The lowest BCUT2D eigenvalue weighted by Gasteiger charge is -2.18. The third kappa shape index (κ3) is 2.90. The van der Waals surface area contributed by atoms with Crippen molar-refractivity contribution in [2.45, 2.75) is 58.8 Å². The zero-order chi connectivity index (χ0) is 15.5. The molecule has 0 bridgehead atoms. The summed E-state index contributed by atoms with van der Waals surface area (Å²) in [6.45, 7) is 4.43. The second-order valence-corrected chi connectivity index (χ2v) is 6.66. The Balaban J connectivity index is 2.09. The molecule has 1 heteroatoms. The number of benzene rings is 2. The third-order valence-electron chi connectivity index (χ3n) is 5.23. The Labute approximate surface area is 134 Å². The molecule has 0 aromatic heterocycles. The van der Waals surface area contributed by atoms with Crippen LogP contribution in [-0.4, -0.2) is 0 Å². The summed E-state index contributed by atoms with van der Waals surface area (Å²) < 4.78 is 0. The number of fused-ring (bicyclic) bond motifs is 1. The smallest absolute Gasteiger partial charge is 0.0349 e. The summed E-state index contributed by atoms with van der Waals surface area (Å²) in [6, 6.07) is 10.9. The summed E-state index contributed by atoms with van der Waals surface area (Å²) in [6.07, 6.45) is 9.29. The molecule has 1 aliphatic carbocycles. The van der Waals surface area contributed by atoms with Gasteiger partial charge in [0.15, 0.2) is 0 Å². The zero-order valence-electron chi connectivity index (χ0n) is 13.9. The monoisotopic (exact) mass is 293 g/mol. The first-order valence-electron chi connectivity index (χ1n) is 8.65. The summed E-state index contributed by atoms with van der Waals surface area (Å²) in [7, 11) is 0. The summed E-state index contributed by atoms with van der Waals surface area (Å²) >= 11 is 0. The van der Waals surface area contributed by atoms with E-state index >= 15 is 0 Å². The van der Waals surface area contributed by atoms with Crippen molar-refractivity contribution in [3.63, 3.8) is 0 Å². The quantitative estimate of drug-likeness (QED) is 0.680. The van der Waals surface area contributed by atoms with E-state index < -0.39 is 0 Å². The summed E-state index contributed by atoms with van der Waals surface area (Å²) in [4.78, 5) is 0. The van der Waals surface area contributed by atoms with Gasteiger partial charge >= 0.3 is 0 Å². The van der Waals surface area contributed by atoms with Gasteiger partial charge in [0.2, 0.25) is 0 Å². The molecule has 0 unspecified atom stereocenters. The van der Waals surface area contributed by atoms with E-state index in [1.807, 2.05) is 6.07 Å². The van der Waals surface area contributed by atoms with Crippen molar-refractivity contribution >= 4 is 5.69 Å².